The fourth-order valence-electron chi connectivity index (χ4n) is 1.92. The first kappa shape index (κ1) is 15.5. The molecule has 21 heavy (non-hydrogen) atoms. The quantitative estimate of drug-likeness (QED) is 0.830. The van der Waals surface area contributed by atoms with Crippen LogP contribution in [-0.2, 0) is 11.8 Å². The Hall–Kier alpha value is -1.89. The van der Waals surface area contributed by atoms with Crippen LogP contribution in [0.15, 0.2) is 29.4 Å². The van der Waals surface area contributed by atoms with E-state index in [1.807, 2.05) is 18.2 Å². The van der Waals surface area contributed by atoms with Crippen molar-refractivity contribution in [3.05, 3.63) is 29.8 Å². The van der Waals surface area contributed by atoms with Gasteiger partial charge in [0, 0.05) is 12.7 Å². The molecule has 1 aromatic heterocycles. The molecular formula is C14H19N5OS. The fourth-order valence-corrected chi connectivity index (χ4v) is 2.57. The van der Waals surface area contributed by atoms with E-state index in [-0.39, 0.29) is 11.7 Å². The van der Waals surface area contributed by atoms with Crippen LogP contribution in [0.1, 0.15) is 31.7 Å². The van der Waals surface area contributed by atoms with Gasteiger partial charge in [-0.05, 0) is 34.4 Å². The minimum absolute atomic E-state index is 0.0567. The first-order valence-corrected chi connectivity index (χ1v) is 7.84. The second-order valence-electron chi connectivity index (χ2n) is 4.82. The number of rotatable bonds is 6. The fraction of sp³-hybridized carbons (Fsp3) is 0.429. The molecular weight excluding hydrogens is 286 g/mol. The predicted octanol–water partition coefficient (Wildman–Crippen LogP) is 2.45. The van der Waals surface area contributed by atoms with Crippen LogP contribution in [0.3, 0.4) is 0 Å². The van der Waals surface area contributed by atoms with Gasteiger partial charge in [0.1, 0.15) is 0 Å². The number of thioether (sulfide) groups is 1. The van der Waals surface area contributed by atoms with Crippen LogP contribution in [0.5, 0.6) is 0 Å². The molecule has 0 spiro atoms. The van der Waals surface area contributed by atoms with Crippen molar-refractivity contribution in [2.75, 3.05) is 11.1 Å². The van der Waals surface area contributed by atoms with E-state index in [0.717, 1.165) is 12.1 Å². The molecule has 1 unspecified atom stereocenters. The number of aromatic nitrogens is 4. The molecule has 0 saturated carbocycles. The summed E-state index contributed by atoms with van der Waals surface area (Å²) in [5, 5.41) is 14.7. The highest BCUT2D eigenvalue weighted by Crippen LogP contribution is 2.26. The highest BCUT2D eigenvalue weighted by molar-refractivity contribution is 7.99. The molecule has 0 fully saturated rings. The standard InChI is InChI=1S/C14H19N5OS/c1-4-10(2)11-7-5-6-8-12(11)15-13(20)9-21-14-16-17-18-19(14)3/h5-8,10H,4,9H2,1-3H3,(H,15,20). The third-order valence-electron chi connectivity index (χ3n) is 3.29. The summed E-state index contributed by atoms with van der Waals surface area (Å²) in [5.41, 5.74) is 2.05. The number of tetrazole rings is 1. The van der Waals surface area contributed by atoms with Crippen LogP contribution in [0.25, 0.3) is 0 Å². The van der Waals surface area contributed by atoms with E-state index >= 15 is 0 Å². The average molecular weight is 305 g/mol. The lowest BCUT2D eigenvalue weighted by Gasteiger charge is -2.15. The third kappa shape index (κ3) is 4.04. The molecule has 2 rings (SSSR count). The molecule has 112 valence electrons. The summed E-state index contributed by atoms with van der Waals surface area (Å²) >= 11 is 1.32. The van der Waals surface area contributed by atoms with Gasteiger partial charge in [0.15, 0.2) is 0 Å². The summed E-state index contributed by atoms with van der Waals surface area (Å²) < 4.78 is 1.55. The van der Waals surface area contributed by atoms with Gasteiger partial charge in [-0.2, -0.15) is 0 Å². The molecule has 7 heteroatoms. The molecule has 1 atom stereocenters. The largest absolute Gasteiger partial charge is 0.325 e. The monoisotopic (exact) mass is 305 g/mol. The third-order valence-corrected chi connectivity index (χ3v) is 4.30. The molecule has 0 aliphatic rings. The van der Waals surface area contributed by atoms with Crippen molar-refractivity contribution in [3.8, 4) is 0 Å². The van der Waals surface area contributed by atoms with E-state index < -0.39 is 0 Å². The summed E-state index contributed by atoms with van der Waals surface area (Å²) in [6, 6.07) is 7.93. The van der Waals surface area contributed by atoms with Gasteiger partial charge >= 0.3 is 0 Å². The Morgan fingerprint density at radius 2 is 2.19 bits per heavy atom. The first-order chi connectivity index (χ1) is 10.1. The molecule has 1 heterocycles. The topological polar surface area (TPSA) is 72.7 Å². The number of carbonyl (C=O) groups is 1. The average Bonchev–Trinajstić information content (AvgIpc) is 2.90. The number of benzene rings is 1. The summed E-state index contributed by atoms with van der Waals surface area (Å²) in [5.74, 6) is 0.638. The smallest absolute Gasteiger partial charge is 0.234 e. The van der Waals surface area contributed by atoms with Crippen LogP contribution in [0.2, 0.25) is 0 Å². The van der Waals surface area contributed by atoms with Crippen molar-refractivity contribution in [1.82, 2.24) is 20.2 Å². The van der Waals surface area contributed by atoms with Gasteiger partial charge in [-0.3, -0.25) is 4.79 Å². The van der Waals surface area contributed by atoms with Crippen LogP contribution < -0.4 is 5.32 Å². The molecule has 1 N–H and O–H groups in total. The summed E-state index contributed by atoms with van der Waals surface area (Å²) in [6.45, 7) is 4.30. The molecule has 0 saturated heterocycles. The minimum atomic E-state index is -0.0567. The van der Waals surface area contributed by atoms with Gasteiger partial charge in [0.2, 0.25) is 11.1 Å². The molecule has 1 aromatic carbocycles. The zero-order valence-electron chi connectivity index (χ0n) is 12.4. The number of hydrogen-bond donors (Lipinski definition) is 1. The molecule has 0 radical (unpaired) electrons. The number of amides is 1. The Kier molecular flexibility index (Phi) is 5.32. The van der Waals surface area contributed by atoms with Gasteiger partial charge in [-0.1, -0.05) is 43.8 Å². The molecule has 0 aliphatic carbocycles. The van der Waals surface area contributed by atoms with Gasteiger partial charge in [0.05, 0.1) is 5.75 Å². The van der Waals surface area contributed by atoms with Crippen LogP contribution in [0, 0.1) is 0 Å². The number of nitrogens with one attached hydrogen (secondary N) is 1. The van der Waals surface area contributed by atoms with Crippen molar-refractivity contribution in [1.29, 1.82) is 0 Å². The maximum Gasteiger partial charge on any atom is 0.234 e. The highest BCUT2D eigenvalue weighted by Gasteiger charge is 2.12. The van der Waals surface area contributed by atoms with Crippen molar-refractivity contribution < 1.29 is 4.79 Å². The van der Waals surface area contributed by atoms with Gasteiger partial charge in [-0.15, -0.1) is 5.10 Å². The first-order valence-electron chi connectivity index (χ1n) is 6.85. The Balaban J connectivity index is 1.98. The Labute approximate surface area is 128 Å². The zero-order valence-corrected chi connectivity index (χ0v) is 13.2. The molecule has 0 aliphatic heterocycles. The van der Waals surface area contributed by atoms with Gasteiger partial charge in [-0.25, -0.2) is 4.68 Å². The lowest BCUT2D eigenvalue weighted by molar-refractivity contribution is -0.113. The van der Waals surface area contributed by atoms with Crippen molar-refractivity contribution in [2.45, 2.75) is 31.3 Å². The maximum atomic E-state index is 12.1. The molecule has 1 amide bonds. The van der Waals surface area contributed by atoms with E-state index in [4.69, 9.17) is 0 Å². The zero-order chi connectivity index (χ0) is 15.2. The summed E-state index contributed by atoms with van der Waals surface area (Å²) in [4.78, 5) is 12.1. The Morgan fingerprint density at radius 3 is 2.86 bits per heavy atom. The number of nitrogens with zero attached hydrogens (tertiary/aromatic N) is 4. The van der Waals surface area contributed by atoms with E-state index in [0.29, 0.717) is 11.1 Å². The van der Waals surface area contributed by atoms with Crippen LogP contribution in [-0.4, -0.2) is 31.9 Å². The van der Waals surface area contributed by atoms with E-state index in [1.165, 1.54) is 17.3 Å². The minimum Gasteiger partial charge on any atom is -0.325 e. The van der Waals surface area contributed by atoms with E-state index in [2.05, 4.69) is 40.8 Å². The molecule has 2 aromatic rings. The van der Waals surface area contributed by atoms with E-state index in [9.17, 15) is 4.79 Å². The number of hydrogen-bond acceptors (Lipinski definition) is 5. The van der Waals surface area contributed by atoms with Crippen LogP contribution in [0.4, 0.5) is 5.69 Å². The Morgan fingerprint density at radius 1 is 1.43 bits per heavy atom. The van der Waals surface area contributed by atoms with Crippen LogP contribution >= 0.6 is 11.8 Å². The number of aryl methyl sites for hydroxylation is 1. The van der Waals surface area contributed by atoms with Gasteiger partial charge < -0.3 is 5.32 Å². The summed E-state index contributed by atoms with van der Waals surface area (Å²) in [7, 11) is 1.75. The van der Waals surface area contributed by atoms with Crippen molar-refractivity contribution in [3.63, 3.8) is 0 Å². The predicted molar refractivity (Wildman–Crippen MR) is 83.3 cm³/mol. The SMILES string of the molecule is CCC(C)c1ccccc1NC(=O)CSc1nnnn1C. The van der Waals surface area contributed by atoms with Crippen molar-refractivity contribution in [2.24, 2.45) is 7.05 Å². The lowest BCUT2D eigenvalue weighted by atomic mass is 9.97. The molecule has 6 nitrogen and oxygen atoms in total. The number of anilines is 1. The number of carbonyl (C=O) groups excluding carboxylic acids is 1. The lowest BCUT2D eigenvalue weighted by Crippen LogP contribution is -2.16. The highest BCUT2D eigenvalue weighted by atomic mass is 32.2. The second kappa shape index (κ2) is 7.21. The van der Waals surface area contributed by atoms with E-state index in [1.54, 1.807) is 11.7 Å². The number of para-hydroxylation sites is 1. The Bertz CT molecular complexity index is 613. The maximum absolute atomic E-state index is 12.1. The van der Waals surface area contributed by atoms with Gasteiger partial charge in [0.25, 0.3) is 0 Å². The normalized spacial score (nSPS) is 12.1. The van der Waals surface area contributed by atoms with Crippen molar-refractivity contribution >= 4 is 23.4 Å². The second-order valence-corrected chi connectivity index (χ2v) is 5.76. The molecule has 0 bridgehead atoms. The summed E-state index contributed by atoms with van der Waals surface area (Å²) in [6.07, 6.45) is 1.03.